The molecule has 135 valence electrons. The summed E-state index contributed by atoms with van der Waals surface area (Å²) in [4.78, 5) is 16.4. The zero-order valence-electron chi connectivity index (χ0n) is 14.0. The highest BCUT2D eigenvalue weighted by molar-refractivity contribution is 7.98. The Morgan fingerprint density at radius 3 is 2.48 bits per heavy atom. The van der Waals surface area contributed by atoms with Crippen molar-refractivity contribution < 1.29 is 18.6 Å². The molecule has 3 aromatic rings. The Morgan fingerprint density at radius 1 is 1.07 bits per heavy atom. The van der Waals surface area contributed by atoms with Gasteiger partial charge in [0.05, 0.1) is 10.6 Å². The molecule has 0 bridgehead atoms. The van der Waals surface area contributed by atoms with Crippen LogP contribution in [0.25, 0.3) is 0 Å². The third-order valence-electron chi connectivity index (χ3n) is 3.72. The maximum atomic E-state index is 13.4. The lowest BCUT2D eigenvalue weighted by atomic mass is 9.85. The number of anilines is 1. The third-order valence-corrected chi connectivity index (χ3v) is 4.71. The van der Waals surface area contributed by atoms with Gasteiger partial charge in [-0.2, -0.15) is 0 Å². The van der Waals surface area contributed by atoms with Crippen LogP contribution in [-0.2, 0) is 5.75 Å². The summed E-state index contributed by atoms with van der Waals surface area (Å²) in [5.41, 5.74) is 2.03. The van der Waals surface area contributed by atoms with Gasteiger partial charge in [0.2, 0.25) is 0 Å². The number of nitrogens with zero attached hydrogens (tertiary/aromatic N) is 1. The predicted molar refractivity (Wildman–Crippen MR) is 102 cm³/mol. The van der Waals surface area contributed by atoms with E-state index in [0.717, 1.165) is 7.48 Å². The van der Waals surface area contributed by atoms with Crippen molar-refractivity contribution in [3.63, 3.8) is 0 Å². The van der Waals surface area contributed by atoms with Gasteiger partial charge in [-0.05, 0) is 59.6 Å². The number of rotatable bonds is 6. The zero-order valence-corrected chi connectivity index (χ0v) is 14.8. The molecule has 0 aliphatic rings. The molecule has 0 atom stereocenters. The molecule has 1 radical (unpaired) electrons. The van der Waals surface area contributed by atoms with Crippen LogP contribution in [0.15, 0.2) is 65.8 Å². The van der Waals surface area contributed by atoms with E-state index in [-0.39, 0.29) is 17.5 Å². The standard InChI is InChI=1S/C19H14BF2N2O2S/c21-14-2-5-16(6-3-14)24-19(25)12-1-8-18(23-10-12)27-11-13-9-15(22)4-7-17(13)20-26/h1-10,26H,11H2,(H,24,25). The van der Waals surface area contributed by atoms with Gasteiger partial charge in [0.15, 0.2) is 0 Å². The molecular formula is C19H14BF2N2O2S. The third kappa shape index (κ3) is 5.15. The average molecular weight is 383 g/mol. The maximum Gasteiger partial charge on any atom is 0.327 e. The molecule has 0 aliphatic carbocycles. The highest BCUT2D eigenvalue weighted by Gasteiger charge is 2.09. The summed E-state index contributed by atoms with van der Waals surface area (Å²) in [7, 11) is 0.936. The van der Waals surface area contributed by atoms with Crippen LogP contribution in [0.2, 0.25) is 0 Å². The molecule has 0 unspecified atom stereocenters. The fraction of sp³-hybridized carbons (Fsp3) is 0.0526. The molecule has 4 nitrogen and oxygen atoms in total. The highest BCUT2D eigenvalue weighted by Crippen LogP contribution is 2.21. The SMILES string of the molecule is O=C(Nc1ccc(F)cc1)c1ccc(SCc2cc(F)ccc2[B]O)nc1. The van der Waals surface area contributed by atoms with E-state index in [1.165, 1.54) is 60.4 Å². The molecule has 0 aliphatic heterocycles. The Bertz CT molecular complexity index is 937. The smallest absolute Gasteiger partial charge is 0.327 e. The molecule has 3 rings (SSSR count). The van der Waals surface area contributed by atoms with Gasteiger partial charge in [-0.25, -0.2) is 13.8 Å². The van der Waals surface area contributed by atoms with Crippen molar-refractivity contribution in [2.24, 2.45) is 0 Å². The van der Waals surface area contributed by atoms with Gasteiger partial charge >= 0.3 is 7.48 Å². The van der Waals surface area contributed by atoms with Gasteiger partial charge in [0.25, 0.3) is 5.91 Å². The second-order valence-electron chi connectivity index (χ2n) is 5.61. The number of aromatic nitrogens is 1. The lowest BCUT2D eigenvalue weighted by Gasteiger charge is -2.08. The number of benzene rings is 2. The van der Waals surface area contributed by atoms with Gasteiger partial charge < -0.3 is 10.3 Å². The number of nitrogens with one attached hydrogen (secondary N) is 1. The first-order valence-electron chi connectivity index (χ1n) is 7.97. The summed E-state index contributed by atoms with van der Waals surface area (Å²) in [6.07, 6.45) is 1.44. The molecule has 2 aromatic carbocycles. The van der Waals surface area contributed by atoms with Crippen molar-refractivity contribution in [3.8, 4) is 0 Å². The molecule has 1 amide bonds. The van der Waals surface area contributed by atoms with Crippen molar-refractivity contribution in [1.29, 1.82) is 0 Å². The number of hydrogen-bond donors (Lipinski definition) is 2. The molecule has 0 saturated heterocycles. The van der Waals surface area contributed by atoms with E-state index in [2.05, 4.69) is 10.3 Å². The van der Waals surface area contributed by atoms with Gasteiger partial charge in [0.1, 0.15) is 11.6 Å². The first kappa shape index (κ1) is 19.1. The van der Waals surface area contributed by atoms with Crippen LogP contribution in [0.3, 0.4) is 0 Å². The van der Waals surface area contributed by atoms with E-state index in [0.29, 0.717) is 33.1 Å². The van der Waals surface area contributed by atoms with E-state index in [1.54, 1.807) is 12.1 Å². The van der Waals surface area contributed by atoms with Crippen LogP contribution in [-0.4, -0.2) is 23.4 Å². The van der Waals surface area contributed by atoms with Crippen molar-refractivity contribution >= 4 is 36.3 Å². The number of amides is 1. The zero-order chi connectivity index (χ0) is 19.2. The largest absolute Gasteiger partial charge is 0.450 e. The van der Waals surface area contributed by atoms with E-state index < -0.39 is 0 Å². The maximum absolute atomic E-state index is 13.4. The fourth-order valence-electron chi connectivity index (χ4n) is 2.31. The number of pyridine rings is 1. The topological polar surface area (TPSA) is 62.2 Å². The lowest BCUT2D eigenvalue weighted by Crippen LogP contribution is -2.18. The number of carbonyl (C=O) groups excluding carboxylic acids is 1. The first-order chi connectivity index (χ1) is 13.0. The Hall–Kier alpha value is -2.71. The quantitative estimate of drug-likeness (QED) is 0.507. The Labute approximate surface area is 159 Å². The molecule has 1 aromatic heterocycles. The molecule has 8 heteroatoms. The number of thioether (sulfide) groups is 1. The van der Waals surface area contributed by atoms with Crippen LogP contribution in [0.4, 0.5) is 14.5 Å². The molecular weight excluding hydrogens is 369 g/mol. The Morgan fingerprint density at radius 2 is 1.81 bits per heavy atom. The molecule has 0 saturated carbocycles. The van der Waals surface area contributed by atoms with Crippen LogP contribution in [0.5, 0.6) is 0 Å². The fourth-order valence-corrected chi connectivity index (χ4v) is 3.16. The summed E-state index contributed by atoms with van der Waals surface area (Å²) in [6, 6.07) is 12.9. The number of halogens is 2. The molecule has 0 spiro atoms. The second-order valence-corrected chi connectivity index (χ2v) is 6.60. The monoisotopic (exact) mass is 383 g/mol. The van der Waals surface area contributed by atoms with Crippen molar-refractivity contribution in [3.05, 3.63) is 83.6 Å². The number of hydrogen-bond acceptors (Lipinski definition) is 4. The van der Waals surface area contributed by atoms with Crippen LogP contribution in [0.1, 0.15) is 15.9 Å². The highest BCUT2D eigenvalue weighted by atomic mass is 32.2. The van der Waals surface area contributed by atoms with Crippen molar-refractivity contribution in [1.82, 2.24) is 4.98 Å². The van der Waals surface area contributed by atoms with Crippen LogP contribution >= 0.6 is 11.8 Å². The number of carbonyl (C=O) groups is 1. The Balaban J connectivity index is 1.62. The summed E-state index contributed by atoms with van der Waals surface area (Å²) in [5, 5.41) is 12.5. The molecule has 27 heavy (non-hydrogen) atoms. The predicted octanol–water partition coefficient (Wildman–Crippen LogP) is 3.14. The van der Waals surface area contributed by atoms with E-state index in [9.17, 15) is 18.6 Å². The van der Waals surface area contributed by atoms with E-state index >= 15 is 0 Å². The normalized spacial score (nSPS) is 10.5. The second kappa shape index (κ2) is 8.79. The van der Waals surface area contributed by atoms with Gasteiger partial charge in [-0.1, -0.05) is 6.07 Å². The summed E-state index contributed by atoms with van der Waals surface area (Å²) < 4.78 is 26.3. The van der Waals surface area contributed by atoms with Crippen molar-refractivity contribution in [2.45, 2.75) is 10.8 Å². The summed E-state index contributed by atoms with van der Waals surface area (Å²) >= 11 is 1.36. The van der Waals surface area contributed by atoms with Crippen LogP contribution in [0, 0.1) is 11.6 Å². The minimum atomic E-state index is -0.378. The minimum Gasteiger partial charge on any atom is -0.450 e. The van der Waals surface area contributed by atoms with E-state index in [1.807, 2.05) is 0 Å². The molecule has 0 fully saturated rings. The van der Waals surface area contributed by atoms with Crippen LogP contribution < -0.4 is 10.8 Å². The van der Waals surface area contributed by atoms with Gasteiger partial charge in [-0.3, -0.25) is 4.79 Å². The molecule has 2 N–H and O–H groups in total. The first-order valence-corrected chi connectivity index (χ1v) is 8.95. The van der Waals surface area contributed by atoms with E-state index in [4.69, 9.17) is 0 Å². The average Bonchev–Trinajstić information content (AvgIpc) is 2.68. The molecule has 1 heterocycles. The minimum absolute atomic E-state index is 0.354. The Kier molecular flexibility index (Phi) is 6.21. The van der Waals surface area contributed by atoms with Crippen molar-refractivity contribution in [2.75, 3.05) is 5.32 Å². The summed E-state index contributed by atoms with van der Waals surface area (Å²) in [6.45, 7) is 0. The lowest BCUT2D eigenvalue weighted by molar-refractivity contribution is 0.102. The van der Waals surface area contributed by atoms with Gasteiger partial charge in [0, 0.05) is 17.6 Å². The van der Waals surface area contributed by atoms with Gasteiger partial charge in [-0.15, -0.1) is 11.8 Å². The summed E-state index contributed by atoms with van der Waals surface area (Å²) in [5.74, 6) is -0.695.